The minimum atomic E-state index is -0.811. The standard InChI is InChI=1S/C11H21NO3S/c1-5-10(11(13)15-3)6-7-12-8-9(2)16(4)14/h6,9,12H,5,7-8H2,1-4H3. The van der Waals surface area contributed by atoms with Crippen LogP contribution in [0.1, 0.15) is 20.3 Å². The van der Waals surface area contributed by atoms with Gasteiger partial charge in [0.2, 0.25) is 0 Å². The van der Waals surface area contributed by atoms with Crippen molar-refractivity contribution in [3.63, 3.8) is 0 Å². The number of methoxy groups -OCH3 is 1. The molecule has 0 aromatic heterocycles. The van der Waals surface area contributed by atoms with Gasteiger partial charge in [0.1, 0.15) is 0 Å². The highest BCUT2D eigenvalue weighted by molar-refractivity contribution is 7.84. The molecule has 5 heteroatoms. The lowest BCUT2D eigenvalue weighted by atomic mass is 10.2. The number of nitrogens with one attached hydrogen (secondary N) is 1. The van der Waals surface area contributed by atoms with E-state index >= 15 is 0 Å². The first-order valence-corrected chi connectivity index (χ1v) is 6.95. The molecule has 0 fully saturated rings. The smallest absolute Gasteiger partial charge is 0.333 e. The van der Waals surface area contributed by atoms with E-state index in [9.17, 15) is 9.00 Å². The van der Waals surface area contributed by atoms with Gasteiger partial charge in [-0.15, -0.1) is 0 Å². The molecule has 0 heterocycles. The van der Waals surface area contributed by atoms with Gasteiger partial charge in [-0.1, -0.05) is 13.0 Å². The minimum absolute atomic E-state index is 0.122. The normalized spacial score (nSPS) is 15.6. The predicted molar refractivity (Wildman–Crippen MR) is 66.8 cm³/mol. The summed E-state index contributed by atoms with van der Waals surface area (Å²) in [6.07, 6.45) is 4.16. The van der Waals surface area contributed by atoms with Crippen LogP contribution in [0.25, 0.3) is 0 Å². The van der Waals surface area contributed by atoms with Crippen LogP contribution in [0.15, 0.2) is 11.6 Å². The minimum Gasteiger partial charge on any atom is -0.466 e. The van der Waals surface area contributed by atoms with Crippen LogP contribution in [0.2, 0.25) is 0 Å². The number of hydrogen-bond acceptors (Lipinski definition) is 4. The molecule has 0 aliphatic carbocycles. The maximum Gasteiger partial charge on any atom is 0.333 e. The first-order valence-electron chi connectivity index (χ1n) is 5.33. The molecule has 0 saturated heterocycles. The first-order chi connectivity index (χ1) is 7.52. The number of hydrogen-bond donors (Lipinski definition) is 1. The van der Waals surface area contributed by atoms with E-state index in [-0.39, 0.29) is 11.2 Å². The Kier molecular flexibility index (Phi) is 8.11. The van der Waals surface area contributed by atoms with Crippen LogP contribution in [0.3, 0.4) is 0 Å². The molecule has 4 nitrogen and oxygen atoms in total. The Labute approximate surface area is 99.9 Å². The average Bonchev–Trinajstić information content (AvgIpc) is 2.27. The van der Waals surface area contributed by atoms with Gasteiger partial charge in [0, 0.05) is 41.0 Å². The number of rotatable bonds is 7. The topological polar surface area (TPSA) is 55.4 Å². The molecule has 94 valence electrons. The van der Waals surface area contributed by atoms with Crippen LogP contribution in [0, 0.1) is 0 Å². The maximum atomic E-state index is 11.2. The molecule has 0 rings (SSSR count). The molecule has 2 atom stereocenters. The van der Waals surface area contributed by atoms with E-state index in [0.29, 0.717) is 25.1 Å². The Morgan fingerprint density at radius 1 is 1.56 bits per heavy atom. The third-order valence-corrected chi connectivity index (χ3v) is 3.62. The van der Waals surface area contributed by atoms with Crippen LogP contribution in [0.4, 0.5) is 0 Å². The third-order valence-electron chi connectivity index (χ3n) is 2.32. The van der Waals surface area contributed by atoms with Crippen molar-refractivity contribution in [1.29, 1.82) is 0 Å². The number of ether oxygens (including phenoxy) is 1. The zero-order valence-electron chi connectivity index (χ0n) is 10.4. The van der Waals surface area contributed by atoms with Gasteiger partial charge in [-0.2, -0.15) is 0 Å². The van der Waals surface area contributed by atoms with Crippen LogP contribution in [0.5, 0.6) is 0 Å². The highest BCUT2D eigenvalue weighted by Crippen LogP contribution is 2.01. The van der Waals surface area contributed by atoms with Crippen molar-refractivity contribution < 1.29 is 13.7 Å². The van der Waals surface area contributed by atoms with Gasteiger partial charge < -0.3 is 10.1 Å². The highest BCUT2D eigenvalue weighted by atomic mass is 32.2. The molecule has 0 aromatic rings. The zero-order chi connectivity index (χ0) is 12.6. The first kappa shape index (κ1) is 15.3. The largest absolute Gasteiger partial charge is 0.466 e. The Bertz CT molecular complexity index is 276. The summed E-state index contributed by atoms with van der Waals surface area (Å²) in [6.45, 7) is 5.11. The summed E-state index contributed by atoms with van der Waals surface area (Å²) < 4.78 is 15.7. The van der Waals surface area contributed by atoms with Gasteiger partial charge in [-0.3, -0.25) is 4.21 Å². The summed E-state index contributed by atoms with van der Waals surface area (Å²) in [5.41, 5.74) is 0.667. The van der Waals surface area contributed by atoms with Crippen LogP contribution < -0.4 is 5.32 Å². The van der Waals surface area contributed by atoms with Gasteiger partial charge in [0.15, 0.2) is 0 Å². The van der Waals surface area contributed by atoms with Crippen molar-refractivity contribution >= 4 is 16.8 Å². The van der Waals surface area contributed by atoms with Gasteiger partial charge in [-0.05, 0) is 13.3 Å². The number of esters is 1. The van der Waals surface area contributed by atoms with E-state index in [4.69, 9.17) is 0 Å². The van der Waals surface area contributed by atoms with Crippen LogP contribution in [-0.4, -0.2) is 41.9 Å². The Morgan fingerprint density at radius 3 is 2.62 bits per heavy atom. The molecule has 16 heavy (non-hydrogen) atoms. The highest BCUT2D eigenvalue weighted by Gasteiger charge is 2.07. The molecule has 0 bridgehead atoms. The lowest BCUT2D eigenvalue weighted by Gasteiger charge is -2.08. The van der Waals surface area contributed by atoms with E-state index in [1.165, 1.54) is 7.11 Å². The van der Waals surface area contributed by atoms with E-state index in [2.05, 4.69) is 10.1 Å². The van der Waals surface area contributed by atoms with Crippen molar-refractivity contribution in [3.05, 3.63) is 11.6 Å². The second-order valence-electron chi connectivity index (χ2n) is 3.54. The molecular weight excluding hydrogens is 226 g/mol. The number of carbonyl (C=O) groups is 1. The molecule has 0 aliphatic heterocycles. The summed E-state index contributed by atoms with van der Waals surface area (Å²) >= 11 is 0. The van der Waals surface area contributed by atoms with Gasteiger partial charge in [-0.25, -0.2) is 4.79 Å². The molecule has 0 spiro atoms. The summed E-state index contributed by atoms with van der Waals surface area (Å²) in [4.78, 5) is 11.2. The van der Waals surface area contributed by atoms with E-state index in [0.717, 1.165) is 0 Å². The lowest BCUT2D eigenvalue weighted by Crippen LogP contribution is -2.27. The molecule has 0 aromatic carbocycles. The van der Waals surface area contributed by atoms with Gasteiger partial charge in [0.05, 0.1) is 7.11 Å². The average molecular weight is 247 g/mol. The molecular formula is C11H21NO3S. The van der Waals surface area contributed by atoms with Crippen molar-refractivity contribution in [2.24, 2.45) is 0 Å². The summed E-state index contributed by atoms with van der Waals surface area (Å²) in [5, 5.41) is 3.25. The third kappa shape index (κ3) is 6.02. The SMILES string of the molecule is CCC(=CCNCC(C)S(C)=O)C(=O)OC. The molecule has 0 saturated carbocycles. The monoisotopic (exact) mass is 247 g/mol. The quantitative estimate of drug-likeness (QED) is 0.412. The second kappa shape index (κ2) is 8.47. The zero-order valence-corrected chi connectivity index (χ0v) is 11.2. The fraction of sp³-hybridized carbons (Fsp3) is 0.727. The van der Waals surface area contributed by atoms with Crippen LogP contribution in [-0.2, 0) is 20.3 Å². The van der Waals surface area contributed by atoms with Crippen molar-refractivity contribution in [2.75, 3.05) is 26.5 Å². The summed E-state index contributed by atoms with van der Waals surface area (Å²) in [7, 11) is 0.565. The molecule has 2 unspecified atom stereocenters. The van der Waals surface area contributed by atoms with E-state index in [1.807, 2.05) is 19.9 Å². The van der Waals surface area contributed by atoms with Gasteiger partial charge in [0.25, 0.3) is 0 Å². The summed E-state index contributed by atoms with van der Waals surface area (Å²) in [6, 6.07) is 0. The van der Waals surface area contributed by atoms with Crippen molar-refractivity contribution in [2.45, 2.75) is 25.5 Å². The summed E-state index contributed by atoms with van der Waals surface area (Å²) in [5.74, 6) is -0.281. The fourth-order valence-electron chi connectivity index (χ4n) is 1.10. The molecule has 0 radical (unpaired) electrons. The van der Waals surface area contributed by atoms with E-state index in [1.54, 1.807) is 6.26 Å². The molecule has 1 N–H and O–H groups in total. The second-order valence-corrected chi connectivity index (χ2v) is 5.34. The Hall–Kier alpha value is -0.680. The predicted octanol–water partition coefficient (Wildman–Crippen LogP) is 0.852. The number of carbonyl (C=O) groups excluding carboxylic acids is 1. The fourth-order valence-corrected chi connectivity index (χ4v) is 1.45. The lowest BCUT2D eigenvalue weighted by molar-refractivity contribution is -0.136. The molecule has 0 aliphatic rings. The Balaban J connectivity index is 3.97. The Morgan fingerprint density at radius 2 is 2.19 bits per heavy atom. The maximum absolute atomic E-state index is 11.2. The van der Waals surface area contributed by atoms with E-state index < -0.39 is 10.8 Å². The molecule has 0 amide bonds. The van der Waals surface area contributed by atoms with Crippen molar-refractivity contribution in [1.82, 2.24) is 5.32 Å². The van der Waals surface area contributed by atoms with Crippen LogP contribution >= 0.6 is 0 Å². The van der Waals surface area contributed by atoms with Gasteiger partial charge >= 0.3 is 5.97 Å². The van der Waals surface area contributed by atoms with Crippen molar-refractivity contribution in [3.8, 4) is 0 Å².